The number of benzene rings is 2. The highest BCUT2D eigenvalue weighted by atomic mass is 79.9. The number of aryl methyl sites for hydroxylation is 1. The maximum absolute atomic E-state index is 11.6. The van der Waals surface area contributed by atoms with Gasteiger partial charge in [0.25, 0.3) is 5.22 Å². The number of hydrogen-bond donors (Lipinski definition) is 1. The number of ether oxygens (including phenoxy) is 1. The minimum absolute atomic E-state index is 0.0798. The Balaban J connectivity index is 1.73. The minimum atomic E-state index is -1.07. The molecule has 0 radical (unpaired) electrons. The van der Waals surface area contributed by atoms with Crippen molar-refractivity contribution in [3.05, 3.63) is 74.9 Å². The fourth-order valence-corrected chi connectivity index (χ4v) is 3.46. The maximum atomic E-state index is 11.6. The summed E-state index contributed by atoms with van der Waals surface area (Å²) < 4.78 is 11.9. The monoisotopic (exact) mass is 460 g/mol. The molecule has 0 fully saturated rings. The van der Waals surface area contributed by atoms with Crippen molar-refractivity contribution in [1.82, 2.24) is 10.2 Å². The van der Waals surface area contributed by atoms with Crippen molar-refractivity contribution in [2.75, 3.05) is 0 Å². The van der Waals surface area contributed by atoms with E-state index in [2.05, 4.69) is 26.1 Å². The van der Waals surface area contributed by atoms with Crippen LogP contribution in [0, 0.1) is 0 Å². The molecule has 3 aromatic rings. The molecule has 0 bridgehead atoms. The summed E-state index contributed by atoms with van der Waals surface area (Å²) >= 11 is 4.40. The van der Waals surface area contributed by atoms with Crippen molar-refractivity contribution >= 4 is 39.7 Å². The van der Waals surface area contributed by atoms with Crippen LogP contribution in [0.4, 0.5) is 0 Å². The number of aliphatic carboxylic acids is 1. The van der Waals surface area contributed by atoms with Crippen LogP contribution in [-0.4, -0.2) is 21.3 Å². The maximum Gasteiger partial charge on any atom is 0.342 e. The molecule has 0 saturated heterocycles. The zero-order valence-corrected chi connectivity index (χ0v) is 17.4. The average Bonchev–Trinajstić information content (AvgIpc) is 3.15. The van der Waals surface area contributed by atoms with E-state index in [1.165, 1.54) is 0 Å². The Morgan fingerprint density at radius 1 is 1.25 bits per heavy atom. The van der Waals surface area contributed by atoms with Gasteiger partial charge in [-0.2, -0.15) is 0 Å². The van der Waals surface area contributed by atoms with Gasteiger partial charge in [0.2, 0.25) is 5.89 Å². The number of carboxylic acids is 1. The van der Waals surface area contributed by atoms with Crippen molar-refractivity contribution in [2.45, 2.75) is 25.2 Å². The predicted molar refractivity (Wildman–Crippen MR) is 110 cm³/mol. The Labute approximate surface area is 174 Å². The molecule has 0 aliphatic carbocycles. The van der Waals surface area contributed by atoms with Crippen LogP contribution in [0.1, 0.15) is 23.9 Å². The summed E-state index contributed by atoms with van der Waals surface area (Å²) in [5.41, 5.74) is 1.77. The summed E-state index contributed by atoms with van der Waals surface area (Å²) in [5.74, 6) is 0.0756. The molecule has 0 aliphatic rings. The van der Waals surface area contributed by atoms with E-state index in [1.54, 1.807) is 24.3 Å². The summed E-state index contributed by atoms with van der Waals surface area (Å²) in [5, 5.41) is 17.4. The van der Waals surface area contributed by atoms with Gasteiger partial charge in [-0.1, -0.05) is 43.3 Å². The highest BCUT2D eigenvalue weighted by Gasteiger charge is 2.15. The second-order valence-corrected chi connectivity index (χ2v) is 7.54. The topological polar surface area (TPSA) is 85.5 Å². The molecule has 0 aliphatic heterocycles. The molecule has 28 heavy (non-hydrogen) atoms. The van der Waals surface area contributed by atoms with Gasteiger partial charge in [0.05, 0.1) is 4.47 Å². The van der Waals surface area contributed by atoms with Crippen molar-refractivity contribution in [3.8, 4) is 5.75 Å². The van der Waals surface area contributed by atoms with Crippen LogP contribution in [0.15, 0.2) is 67.5 Å². The van der Waals surface area contributed by atoms with E-state index >= 15 is 0 Å². The first-order valence-electron chi connectivity index (χ1n) is 8.46. The third kappa shape index (κ3) is 5.46. The molecule has 3 rings (SSSR count). The van der Waals surface area contributed by atoms with Crippen LogP contribution in [0.25, 0.3) is 6.08 Å². The van der Waals surface area contributed by atoms with E-state index in [0.29, 0.717) is 30.2 Å². The second kappa shape index (κ2) is 9.57. The average molecular weight is 461 g/mol. The lowest BCUT2D eigenvalue weighted by Crippen LogP contribution is -1.98. The number of carbonyl (C=O) groups is 1. The van der Waals surface area contributed by atoms with Gasteiger partial charge in [0.15, 0.2) is 0 Å². The van der Waals surface area contributed by atoms with E-state index in [4.69, 9.17) is 9.15 Å². The fraction of sp³-hybridized carbons (Fsp3) is 0.150. The molecule has 1 aromatic heterocycles. The smallest absolute Gasteiger partial charge is 0.342 e. The third-order valence-electron chi connectivity index (χ3n) is 3.65. The lowest BCUT2D eigenvalue weighted by atomic mass is 10.2. The van der Waals surface area contributed by atoms with E-state index in [1.807, 2.05) is 37.3 Å². The molecule has 0 unspecified atom stereocenters. The van der Waals surface area contributed by atoms with Gasteiger partial charge in [0, 0.05) is 6.42 Å². The minimum Gasteiger partial charge on any atom is -0.488 e. The van der Waals surface area contributed by atoms with E-state index < -0.39 is 5.97 Å². The quantitative estimate of drug-likeness (QED) is 0.365. The Morgan fingerprint density at radius 3 is 2.68 bits per heavy atom. The number of hydrogen-bond acceptors (Lipinski definition) is 6. The number of halogens is 1. The van der Waals surface area contributed by atoms with Crippen LogP contribution in [0.2, 0.25) is 0 Å². The molecular formula is C20H17BrN2O4S. The van der Waals surface area contributed by atoms with Gasteiger partial charge in [-0.05, 0) is 57.0 Å². The van der Waals surface area contributed by atoms with Crippen LogP contribution in [0.3, 0.4) is 0 Å². The van der Waals surface area contributed by atoms with Crippen molar-refractivity contribution in [1.29, 1.82) is 0 Å². The van der Waals surface area contributed by atoms with Gasteiger partial charge in [-0.3, -0.25) is 0 Å². The number of rotatable bonds is 8. The molecule has 1 N–H and O–H groups in total. The van der Waals surface area contributed by atoms with Gasteiger partial charge >= 0.3 is 5.97 Å². The standard InChI is InChI=1S/C20H17BrN2O4S/c1-2-18-22-23-20(27-18)28-17(19(24)25)11-14-8-9-16(15(21)10-14)26-12-13-6-4-3-5-7-13/h3-11H,2,12H2,1H3,(H,24,25)/b17-11-. The number of nitrogens with zero attached hydrogens (tertiary/aromatic N) is 2. The fourth-order valence-electron chi connectivity index (χ4n) is 2.26. The number of aromatic nitrogens is 2. The van der Waals surface area contributed by atoms with Gasteiger partial charge in [-0.15, -0.1) is 10.2 Å². The highest BCUT2D eigenvalue weighted by molar-refractivity contribution is 9.10. The third-order valence-corrected chi connectivity index (χ3v) is 5.12. The van der Waals surface area contributed by atoms with E-state index in [-0.39, 0.29) is 10.1 Å². The molecule has 1 heterocycles. The van der Waals surface area contributed by atoms with Gasteiger partial charge in [0.1, 0.15) is 17.3 Å². The number of carboxylic acid groups (broad SMARTS) is 1. The number of thioether (sulfide) groups is 1. The Bertz CT molecular complexity index is 989. The molecule has 6 nitrogen and oxygen atoms in total. The molecule has 0 spiro atoms. The first-order chi connectivity index (χ1) is 13.5. The molecule has 0 saturated carbocycles. The molecule has 144 valence electrons. The van der Waals surface area contributed by atoms with E-state index in [9.17, 15) is 9.90 Å². The summed E-state index contributed by atoms with van der Waals surface area (Å²) in [6, 6.07) is 15.2. The van der Waals surface area contributed by atoms with Crippen LogP contribution >= 0.6 is 27.7 Å². The Hall–Kier alpha value is -2.58. The molecule has 0 atom stereocenters. The molecule has 0 amide bonds. The van der Waals surface area contributed by atoms with Crippen molar-refractivity contribution in [3.63, 3.8) is 0 Å². The summed E-state index contributed by atoms with van der Waals surface area (Å²) in [7, 11) is 0. The van der Waals surface area contributed by atoms with E-state index in [0.717, 1.165) is 21.8 Å². The summed E-state index contributed by atoms with van der Waals surface area (Å²) in [4.78, 5) is 11.7. The van der Waals surface area contributed by atoms with Gasteiger partial charge in [-0.25, -0.2) is 4.79 Å². The van der Waals surface area contributed by atoms with Crippen molar-refractivity contribution < 1.29 is 19.1 Å². The first kappa shape index (κ1) is 20.2. The molecule has 2 aromatic carbocycles. The normalized spacial score (nSPS) is 11.4. The van der Waals surface area contributed by atoms with Gasteiger partial charge < -0.3 is 14.3 Å². The Morgan fingerprint density at radius 2 is 2.04 bits per heavy atom. The second-order valence-electron chi connectivity index (χ2n) is 5.70. The summed E-state index contributed by atoms with van der Waals surface area (Å²) in [6.07, 6.45) is 2.14. The lowest BCUT2D eigenvalue weighted by Gasteiger charge is -2.09. The SMILES string of the molecule is CCc1nnc(S/C(=C\c2ccc(OCc3ccccc3)c(Br)c2)C(=O)O)o1. The summed E-state index contributed by atoms with van der Waals surface area (Å²) in [6.45, 7) is 2.33. The molecule has 8 heteroatoms. The largest absolute Gasteiger partial charge is 0.488 e. The Kier molecular flexibility index (Phi) is 6.89. The zero-order valence-electron chi connectivity index (χ0n) is 15.0. The first-order valence-corrected chi connectivity index (χ1v) is 10.1. The lowest BCUT2D eigenvalue weighted by molar-refractivity contribution is -0.131. The van der Waals surface area contributed by atoms with Crippen LogP contribution < -0.4 is 4.74 Å². The van der Waals surface area contributed by atoms with Crippen LogP contribution in [-0.2, 0) is 17.8 Å². The predicted octanol–water partition coefficient (Wildman–Crippen LogP) is 5.19. The molecular weight excluding hydrogens is 444 g/mol. The highest BCUT2D eigenvalue weighted by Crippen LogP contribution is 2.31. The van der Waals surface area contributed by atoms with Crippen molar-refractivity contribution in [2.24, 2.45) is 0 Å². The zero-order chi connectivity index (χ0) is 19.9. The van der Waals surface area contributed by atoms with Crippen LogP contribution in [0.5, 0.6) is 5.75 Å².